The predicted octanol–water partition coefficient (Wildman–Crippen LogP) is 2.96. The number of anilines is 2. The number of azo groups is 1. The molecule has 0 unspecified atom stereocenters. The van der Waals surface area contributed by atoms with E-state index in [-0.39, 0.29) is 17.4 Å². The molecule has 0 fully saturated rings. The summed E-state index contributed by atoms with van der Waals surface area (Å²) in [5.74, 6) is 0.516. The van der Waals surface area contributed by atoms with Gasteiger partial charge < -0.3 is 15.6 Å². The lowest BCUT2D eigenvalue weighted by Gasteiger charge is -2.04. The van der Waals surface area contributed by atoms with Crippen molar-refractivity contribution in [2.24, 2.45) is 10.2 Å². The summed E-state index contributed by atoms with van der Waals surface area (Å²) >= 11 is 0. The van der Waals surface area contributed by atoms with Crippen LogP contribution in [0.1, 0.15) is 0 Å². The third-order valence-corrected chi connectivity index (χ3v) is 2.44. The number of methoxy groups -OCH3 is 1. The van der Waals surface area contributed by atoms with Crippen molar-refractivity contribution in [2.45, 2.75) is 0 Å². The van der Waals surface area contributed by atoms with Crippen LogP contribution in [0.3, 0.4) is 0 Å². The van der Waals surface area contributed by atoms with E-state index in [1.807, 2.05) is 0 Å². The zero-order chi connectivity index (χ0) is 15.2. The molecule has 1 heterocycles. The van der Waals surface area contributed by atoms with E-state index in [4.69, 9.17) is 10.8 Å². The molecular formula is C13H13N5O3. The second-order valence-electron chi connectivity index (χ2n) is 3.93. The summed E-state index contributed by atoms with van der Waals surface area (Å²) in [7, 11) is 1.25. The number of nitrogens with one attached hydrogen (secondary N) is 1. The first kappa shape index (κ1) is 14.3. The highest BCUT2D eigenvalue weighted by atomic mass is 16.5. The average Bonchev–Trinajstić information content (AvgIpc) is 2.48. The molecule has 0 saturated heterocycles. The molecule has 0 saturated carbocycles. The number of nitrogen functional groups attached to an aromatic ring is 1. The molecule has 1 aromatic carbocycles. The minimum Gasteiger partial charge on any atom is -0.508 e. The number of hydrogen-bond acceptors (Lipinski definition) is 7. The lowest BCUT2D eigenvalue weighted by Crippen LogP contribution is -2.12. The summed E-state index contributed by atoms with van der Waals surface area (Å²) < 4.78 is 4.45. The highest BCUT2D eigenvalue weighted by molar-refractivity contribution is 5.83. The number of ether oxygens (including phenoxy) is 1. The van der Waals surface area contributed by atoms with Crippen LogP contribution in [0.25, 0.3) is 0 Å². The number of carbonyl (C=O) groups is 1. The molecule has 0 radical (unpaired) electrons. The van der Waals surface area contributed by atoms with Gasteiger partial charge in [-0.3, -0.25) is 5.32 Å². The van der Waals surface area contributed by atoms with Gasteiger partial charge in [-0.2, -0.15) is 5.11 Å². The number of phenolic OH excluding ortho intramolecular Hbond substituents is 1. The minimum absolute atomic E-state index is 0.117. The first-order valence-electron chi connectivity index (χ1n) is 5.91. The fourth-order valence-electron chi connectivity index (χ4n) is 1.41. The van der Waals surface area contributed by atoms with Crippen molar-refractivity contribution in [1.29, 1.82) is 0 Å². The number of pyridine rings is 1. The highest BCUT2D eigenvalue weighted by Crippen LogP contribution is 2.25. The molecule has 1 aromatic heterocycles. The maximum absolute atomic E-state index is 11.0. The first-order valence-corrected chi connectivity index (χ1v) is 5.91. The minimum atomic E-state index is -0.639. The van der Waals surface area contributed by atoms with E-state index in [0.717, 1.165) is 0 Å². The van der Waals surface area contributed by atoms with Gasteiger partial charge in [0.05, 0.1) is 12.8 Å². The van der Waals surface area contributed by atoms with Crippen molar-refractivity contribution in [3.8, 4) is 5.75 Å². The summed E-state index contributed by atoms with van der Waals surface area (Å²) in [4.78, 5) is 15.0. The normalized spacial score (nSPS) is 10.5. The van der Waals surface area contributed by atoms with Gasteiger partial charge in [-0.05, 0) is 36.4 Å². The van der Waals surface area contributed by atoms with Crippen molar-refractivity contribution >= 4 is 29.1 Å². The summed E-state index contributed by atoms with van der Waals surface area (Å²) in [6, 6.07) is 9.31. The number of hydrogen-bond donors (Lipinski definition) is 3. The van der Waals surface area contributed by atoms with E-state index in [9.17, 15) is 4.79 Å². The predicted molar refractivity (Wildman–Crippen MR) is 77.0 cm³/mol. The van der Waals surface area contributed by atoms with E-state index in [1.165, 1.54) is 25.3 Å². The zero-order valence-electron chi connectivity index (χ0n) is 11.1. The Kier molecular flexibility index (Phi) is 4.30. The average molecular weight is 287 g/mol. The van der Waals surface area contributed by atoms with Crippen molar-refractivity contribution in [1.82, 2.24) is 4.98 Å². The third kappa shape index (κ3) is 3.90. The van der Waals surface area contributed by atoms with Crippen LogP contribution in [0.5, 0.6) is 5.75 Å². The molecule has 0 aliphatic carbocycles. The number of phenols is 1. The standard InChI is InChI=1S/C13H13N5O3/c1-21-13(20)16-11-7-6-10(12(14)15-11)18-17-8-2-4-9(19)5-3-8/h2-7,19H,1H3,(H3,14,15,16,20)/b18-17+. The van der Waals surface area contributed by atoms with Gasteiger partial charge in [0.1, 0.15) is 17.3 Å². The molecule has 0 aliphatic rings. The Bertz CT molecular complexity index is 670. The molecule has 4 N–H and O–H groups in total. The molecule has 0 spiro atoms. The molecule has 0 aliphatic heterocycles. The summed E-state index contributed by atoms with van der Waals surface area (Å²) in [6.07, 6.45) is -0.639. The van der Waals surface area contributed by atoms with Gasteiger partial charge in [-0.1, -0.05) is 0 Å². The van der Waals surface area contributed by atoms with Gasteiger partial charge in [-0.25, -0.2) is 9.78 Å². The molecule has 1 amide bonds. The van der Waals surface area contributed by atoms with Crippen LogP contribution >= 0.6 is 0 Å². The van der Waals surface area contributed by atoms with Gasteiger partial charge >= 0.3 is 6.09 Å². The Labute approximate surface area is 120 Å². The Morgan fingerprint density at radius 2 is 1.95 bits per heavy atom. The molecule has 8 heteroatoms. The summed E-state index contributed by atoms with van der Waals surface area (Å²) in [5, 5.41) is 19.5. The quantitative estimate of drug-likeness (QED) is 0.749. The van der Waals surface area contributed by atoms with E-state index in [2.05, 4.69) is 25.3 Å². The Morgan fingerprint density at radius 1 is 1.24 bits per heavy atom. The molecule has 2 aromatic rings. The molecule has 2 rings (SSSR count). The van der Waals surface area contributed by atoms with Crippen molar-refractivity contribution in [2.75, 3.05) is 18.2 Å². The molecule has 8 nitrogen and oxygen atoms in total. The number of aromatic nitrogens is 1. The smallest absolute Gasteiger partial charge is 0.412 e. The molecule has 0 atom stereocenters. The van der Waals surface area contributed by atoms with E-state index in [1.54, 1.807) is 18.2 Å². The summed E-state index contributed by atoms with van der Waals surface area (Å²) in [5.41, 5.74) is 6.65. The van der Waals surface area contributed by atoms with Crippen LogP contribution in [-0.4, -0.2) is 23.3 Å². The lowest BCUT2D eigenvalue weighted by atomic mass is 10.3. The van der Waals surface area contributed by atoms with Crippen LogP contribution in [0.4, 0.5) is 27.8 Å². The summed E-state index contributed by atoms with van der Waals surface area (Å²) in [6.45, 7) is 0. The Balaban J connectivity index is 2.13. The number of carbonyl (C=O) groups excluding carboxylic acids is 1. The van der Waals surface area contributed by atoms with Crippen LogP contribution in [0.2, 0.25) is 0 Å². The van der Waals surface area contributed by atoms with Gasteiger partial charge in [0.2, 0.25) is 0 Å². The number of rotatable bonds is 3. The second kappa shape index (κ2) is 6.33. The third-order valence-electron chi connectivity index (χ3n) is 2.44. The van der Waals surface area contributed by atoms with E-state index >= 15 is 0 Å². The van der Waals surface area contributed by atoms with Crippen LogP contribution in [0, 0.1) is 0 Å². The Hall–Kier alpha value is -3.16. The van der Waals surface area contributed by atoms with Crippen molar-refractivity contribution < 1.29 is 14.6 Å². The van der Waals surface area contributed by atoms with Gasteiger partial charge in [0.15, 0.2) is 5.82 Å². The fourth-order valence-corrected chi connectivity index (χ4v) is 1.41. The first-order chi connectivity index (χ1) is 10.1. The van der Waals surface area contributed by atoms with Crippen LogP contribution in [0.15, 0.2) is 46.6 Å². The maximum Gasteiger partial charge on any atom is 0.412 e. The lowest BCUT2D eigenvalue weighted by molar-refractivity contribution is 0.187. The number of benzene rings is 1. The van der Waals surface area contributed by atoms with Crippen LogP contribution < -0.4 is 11.1 Å². The van der Waals surface area contributed by atoms with E-state index in [0.29, 0.717) is 11.4 Å². The molecule has 108 valence electrons. The van der Waals surface area contributed by atoms with Gasteiger partial charge in [0.25, 0.3) is 0 Å². The Morgan fingerprint density at radius 3 is 2.57 bits per heavy atom. The number of aromatic hydroxyl groups is 1. The van der Waals surface area contributed by atoms with Crippen LogP contribution in [-0.2, 0) is 4.74 Å². The molecular weight excluding hydrogens is 274 g/mol. The SMILES string of the molecule is COC(=O)Nc1ccc(/N=N/c2ccc(O)cc2)c(N)n1. The maximum atomic E-state index is 11.0. The van der Waals surface area contributed by atoms with Gasteiger partial charge in [0, 0.05) is 0 Å². The molecule has 0 bridgehead atoms. The zero-order valence-corrected chi connectivity index (χ0v) is 11.1. The number of amides is 1. The van der Waals surface area contributed by atoms with Crippen molar-refractivity contribution in [3.63, 3.8) is 0 Å². The largest absolute Gasteiger partial charge is 0.508 e. The topological polar surface area (TPSA) is 122 Å². The highest BCUT2D eigenvalue weighted by Gasteiger charge is 2.05. The molecule has 21 heavy (non-hydrogen) atoms. The van der Waals surface area contributed by atoms with Crippen molar-refractivity contribution in [3.05, 3.63) is 36.4 Å². The monoisotopic (exact) mass is 287 g/mol. The number of nitrogens with two attached hydrogens (primary N) is 1. The van der Waals surface area contributed by atoms with E-state index < -0.39 is 6.09 Å². The van der Waals surface area contributed by atoms with Gasteiger partial charge in [-0.15, -0.1) is 5.11 Å². The second-order valence-corrected chi connectivity index (χ2v) is 3.93. The number of nitrogens with zero attached hydrogens (tertiary/aromatic N) is 3. The fraction of sp³-hybridized carbons (Fsp3) is 0.0769.